The van der Waals surface area contributed by atoms with E-state index in [0.29, 0.717) is 31.0 Å². The molecule has 1 aliphatic rings. The van der Waals surface area contributed by atoms with Crippen LogP contribution in [0.1, 0.15) is 19.8 Å². The molecule has 112 valence electrons. The first-order chi connectivity index (χ1) is 10.0. The number of hydrogen-bond acceptors (Lipinski definition) is 4. The van der Waals surface area contributed by atoms with E-state index >= 15 is 0 Å². The number of nitrogens with zero attached hydrogens (tertiary/aromatic N) is 2. The summed E-state index contributed by atoms with van der Waals surface area (Å²) >= 11 is 6.25. The molecule has 1 fully saturated rings. The van der Waals surface area contributed by atoms with Gasteiger partial charge in [-0.3, -0.25) is 4.79 Å². The lowest BCUT2D eigenvalue weighted by Crippen LogP contribution is -2.50. The molecule has 2 aromatic rings. The number of anilines is 1. The number of amides is 1. The minimum atomic E-state index is -0.667. The second-order valence-corrected chi connectivity index (χ2v) is 5.83. The quantitative estimate of drug-likeness (QED) is 0.756. The zero-order valence-corrected chi connectivity index (χ0v) is 12.6. The number of nitrogens with two attached hydrogens (primary N) is 1. The first kappa shape index (κ1) is 14.2. The number of carbonyl (C=O) groups excluding carboxylic acids is 1. The summed E-state index contributed by atoms with van der Waals surface area (Å²) < 4.78 is 0. The van der Waals surface area contributed by atoms with Crippen LogP contribution in [0.3, 0.4) is 0 Å². The summed E-state index contributed by atoms with van der Waals surface area (Å²) in [5.41, 5.74) is 7.26. The molecule has 6 nitrogen and oxygen atoms in total. The van der Waals surface area contributed by atoms with Crippen LogP contribution in [0.5, 0.6) is 0 Å². The predicted octanol–water partition coefficient (Wildman–Crippen LogP) is 1.93. The third-order valence-corrected chi connectivity index (χ3v) is 4.16. The van der Waals surface area contributed by atoms with Crippen molar-refractivity contribution in [2.24, 2.45) is 5.73 Å². The van der Waals surface area contributed by atoms with Gasteiger partial charge in [-0.15, -0.1) is 0 Å². The van der Waals surface area contributed by atoms with Crippen molar-refractivity contribution in [1.82, 2.24) is 14.9 Å². The van der Waals surface area contributed by atoms with E-state index in [1.807, 2.05) is 19.2 Å². The maximum Gasteiger partial charge on any atom is 0.222 e. The Labute approximate surface area is 127 Å². The molecule has 4 N–H and O–H groups in total. The molecule has 0 radical (unpaired) electrons. The van der Waals surface area contributed by atoms with Crippen molar-refractivity contribution in [3.63, 3.8) is 0 Å². The van der Waals surface area contributed by atoms with Crippen molar-refractivity contribution in [2.45, 2.75) is 25.4 Å². The first-order valence-corrected chi connectivity index (χ1v) is 7.36. The average molecular weight is 308 g/mol. The SMILES string of the molecule is CCC(=O)N1CC[C@](N)(Nc2c(Cl)cnc3[nH]ccc23)C1. The number of pyridine rings is 1. The normalized spacial score (nSPS) is 22.0. The molecule has 0 spiro atoms. The average Bonchev–Trinajstić information content (AvgIpc) is 3.08. The molecule has 0 saturated carbocycles. The van der Waals surface area contributed by atoms with Crippen molar-refractivity contribution >= 4 is 34.2 Å². The number of aromatic nitrogens is 2. The number of nitrogens with one attached hydrogen (secondary N) is 2. The number of hydrogen-bond donors (Lipinski definition) is 3. The van der Waals surface area contributed by atoms with Gasteiger partial charge in [0.15, 0.2) is 0 Å². The van der Waals surface area contributed by atoms with E-state index in [9.17, 15) is 4.79 Å². The van der Waals surface area contributed by atoms with Gasteiger partial charge in [-0.1, -0.05) is 18.5 Å². The van der Waals surface area contributed by atoms with Crippen LogP contribution in [0.2, 0.25) is 5.02 Å². The molecule has 0 bridgehead atoms. The van der Waals surface area contributed by atoms with Crippen molar-refractivity contribution in [3.8, 4) is 0 Å². The Kier molecular flexibility index (Phi) is 3.51. The fourth-order valence-electron chi connectivity index (χ4n) is 2.73. The van der Waals surface area contributed by atoms with E-state index in [0.717, 1.165) is 16.7 Å². The third-order valence-electron chi connectivity index (χ3n) is 3.87. The van der Waals surface area contributed by atoms with Gasteiger partial charge in [0.25, 0.3) is 0 Å². The molecule has 0 aliphatic carbocycles. The lowest BCUT2D eigenvalue weighted by atomic mass is 10.1. The topological polar surface area (TPSA) is 87.0 Å². The molecule has 21 heavy (non-hydrogen) atoms. The largest absolute Gasteiger partial charge is 0.364 e. The zero-order valence-electron chi connectivity index (χ0n) is 11.8. The van der Waals surface area contributed by atoms with Gasteiger partial charge >= 0.3 is 0 Å². The van der Waals surface area contributed by atoms with Crippen LogP contribution in [-0.4, -0.2) is 39.5 Å². The second kappa shape index (κ2) is 5.20. The van der Waals surface area contributed by atoms with E-state index in [-0.39, 0.29) is 5.91 Å². The highest BCUT2D eigenvalue weighted by atomic mass is 35.5. The maximum atomic E-state index is 11.8. The summed E-state index contributed by atoms with van der Waals surface area (Å²) in [5, 5.41) is 4.73. The van der Waals surface area contributed by atoms with E-state index in [1.165, 1.54) is 0 Å². The van der Waals surface area contributed by atoms with Gasteiger partial charge in [0.2, 0.25) is 5.91 Å². The number of H-pyrrole nitrogens is 1. The monoisotopic (exact) mass is 307 g/mol. The molecule has 1 atom stereocenters. The van der Waals surface area contributed by atoms with Gasteiger partial charge in [0, 0.05) is 31.0 Å². The van der Waals surface area contributed by atoms with Crippen molar-refractivity contribution < 1.29 is 4.79 Å². The number of aromatic amines is 1. The number of likely N-dealkylation sites (tertiary alicyclic amines) is 1. The molecule has 1 aliphatic heterocycles. The highest BCUT2D eigenvalue weighted by Gasteiger charge is 2.36. The Bertz CT molecular complexity index is 685. The molecule has 3 rings (SSSR count). The van der Waals surface area contributed by atoms with Crippen LogP contribution in [0.15, 0.2) is 18.5 Å². The fourth-order valence-corrected chi connectivity index (χ4v) is 2.93. The van der Waals surface area contributed by atoms with Crippen LogP contribution in [0, 0.1) is 0 Å². The Hall–Kier alpha value is -1.79. The number of rotatable bonds is 3. The van der Waals surface area contributed by atoms with Crippen molar-refractivity contribution in [3.05, 3.63) is 23.5 Å². The number of fused-ring (bicyclic) bond motifs is 1. The van der Waals surface area contributed by atoms with Gasteiger partial charge in [-0.2, -0.15) is 0 Å². The van der Waals surface area contributed by atoms with Crippen LogP contribution in [0.4, 0.5) is 5.69 Å². The molecule has 0 unspecified atom stereocenters. The van der Waals surface area contributed by atoms with E-state index in [2.05, 4.69) is 15.3 Å². The molecule has 1 saturated heterocycles. The van der Waals surface area contributed by atoms with E-state index in [4.69, 9.17) is 17.3 Å². The summed E-state index contributed by atoms with van der Waals surface area (Å²) in [6.07, 6.45) is 4.58. The Morgan fingerprint density at radius 2 is 2.48 bits per heavy atom. The Balaban J connectivity index is 1.87. The molecular formula is C14H18ClN5O. The van der Waals surface area contributed by atoms with Gasteiger partial charge < -0.3 is 20.9 Å². The minimum absolute atomic E-state index is 0.122. The van der Waals surface area contributed by atoms with E-state index in [1.54, 1.807) is 11.1 Å². The van der Waals surface area contributed by atoms with Crippen molar-refractivity contribution in [1.29, 1.82) is 0 Å². The Morgan fingerprint density at radius 1 is 1.67 bits per heavy atom. The summed E-state index contributed by atoms with van der Waals surface area (Å²) in [6.45, 7) is 2.99. The number of carbonyl (C=O) groups is 1. The maximum absolute atomic E-state index is 11.8. The van der Waals surface area contributed by atoms with Crippen LogP contribution >= 0.6 is 11.6 Å². The summed E-state index contributed by atoms with van der Waals surface area (Å²) in [6, 6.07) is 1.91. The lowest BCUT2D eigenvalue weighted by molar-refractivity contribution is -0.129. The molecular weight excluding hydrogens is 290 g/mol. The standard InChI is InChI=1S/C14H18ClN5O/c1-2-11(21)20-6-4-14(16,8-20)19-12-9-3-5-17-13(9)18-7-10(12)15/h3,5,7H,2,4,6,8,16H2,1H3,(H2,17,18,19)/t14-/m0/s1. The minimum Gasteiger partial charge on any atom is -0.364 e. The Morgan fingerprint density at radius 3 is 3.24 bits per heavy atom. The van der Waals surface area contributed by atoms with E-state index < -0.39 is 5.66 Å². The molecule has 3 heterocycles. The van der Waals surface area contributed by atoms with Gasteiger partial charge in [-0.05, 0) is 6.07 Å². The molecule has 0 aromatic carbocycles. The smallest absolute Gasteiger partial charge is 0.222 e. The second-order valence-electron chi connectivity index (χ2n) is 5.42. The van der Waals surface area contributed by atoms with Crippen LogP contribution in [-0.2, 0) is 4.79 Å². The summed E-state index contributed by atoms with van der Waals surface area (Å²) in [7, 11) is 0. The van der Waals surface area contributed by atoms with Crippen LogP contribution < -0.4 is 11.1 Å². The van der Waals surface area contributed by atoms with Gasteiger partial charge in [-0.25, -0.2) is 4.98 Å². The van der Waals surface area contributed by atoms with Gasteiger partial charge in [0.05, 0.1) is 23.5 Å². The predicted molar refractivity (Wildman–Crippen MR) is 83.1 cm³/mol. The highest BCUT2D eigenvalue weighted by molar-refractivity contribution is 6.34. The molecule has 7 heteroatoms. The first-order valence-electron chi connectivity index (χ1n) is 6.99. The molecule has 1 amide bonds. The zero-order chi connectivity index (χ0) is 15.0. The van der Waals surface area contributed by atoms with Crippen molar-refractivity contribution in [2.75, 3.05) is 18.4 Å². The van der Waals surface area contributed by atoms with Gasteiger partial charge in [0.1, 0.15) is 11.3 Å². The third kappa shape index (κ3) is 2.56. The summed E-state index contributed by atoms with van der Waals surface area (Å²) in [4.78, 5) is 20.8. The van der Waals surface area contributed by atoms with Crippen LogP contribution in [0.25, 0.3) is 11.0 Å². The lowest BCUT2D eigenvalue weighted by Gasteiger charge is -2.28. The molecule has 2 aromatic heterocycles. The highest BCUT2D eigenvalue weighted by Crippen LogP contribution is 2.32. The number of halogens is 1. The fraction of sp³-hybridized carbons (Fsp3) is 0.429. The summed E-state index contributed by atoms with van der Waals surface area (Å²) in [5.74, 6) is 0.122.